The maximum absolute atomic E-state index is 12.6. The summed E-state index contributed by atoms with van der Waals surface area (Å²) in [5, 5.41) is 0. The van der Waals surface area contributed by atoms with E-state index in [-0.39, 0.29) is 32.6 Å². The Hall–Kier alpha value is -2.55. The van der Waals surface area contributed by atoms with E-state index in [0.717, 1.165) is 77.0 Å². The van der Waals surface area contributed by atoms with E-state index in [1.807, 2.05) is 0 Å². The summed E-state index contributed by atoms with van der Waals surface area (Å²) in [7, 11) is -4.39. The molecule has 0 aromatic rings. The predicted molar refractivity (Wildman–Crippen MR) is 229 cm³/mol. The Morgan fingerprint density at radius 3 is 1.53 bits per heavy atom. The van der Waals surface area contributed by atoms with Gasteiger partial charge in [-0.1, -0.05) is 145 Å². The number of phosphoric ester groups is 1. The van der Waals surface area contributed by atoms with Crippen LogP contribution in [-0.4, -0.2) is 49.3 Å². The van der Waals surface area contributed by atoms with Crippen LogP contribution in [0.2, 0.25) is 0 Å². The first kappa shape index (κ1) is 52.5. The maximum Gasteiger partial charge on any atom is 0.472 e. The zero-order valence-electron chi connectivity index (χ0n) is 34.6. The second kappa shape index (κ2) is 41.1. The highest BCUT2D eigenvalue weighted by Gasteiger charge is 2.26. The first-order valence-corrected chi connectivity index (χ1v) is 22.9. The van der Waals surface area contributed by atoms with Gasteiger partial charge in [0, 0.05) is 19.4 Å². The van der Waals surface area contributed by atoms with E-state index in [9.17, 15) is 19.0 Å². The normalized spacial score (nSPS) is 14.0. The van der Waals surface area contributed by atoms with Gasteiger partial charge in [-0.3, -0.25) is 18.6 Å². The lowest BCUT2D eigenvalue weighted by Gasteiger charge is -2.19. The number of hydrogen-bond acceptors (Lipinski definition) is 8. The number of ether oxygens (including phenoxy) is 2. The Kier molecular flexibility index (Phi) is 39.2. The van der Waals surface area contributed by atoms with E-state index < -0.39 is 32.5 Å². The molecule has 0 aliphatic rings. The number of esters is 2. The molecular formula is C45H78NO8P. The van der Waals surface area contributed by atoms with E-state index in [1.54, 1.807) is 0 Å². The van der Waals surface area contributed by atoms with Gasteiger partial charge in [-0.05, 0) is 83.5 Å². The fraction of sp³-hybridized carbons (Fsp3) is 0.689. The molecule has 0 radical (unpaired) electrons. The number of allylic oxidation sites excluding steroid dienone is 12. The van der Waals surface area contributed by atoms with Crippen LogP contribution in [0.1, 0.15) is 168 Å². The molecule has 0 aliphatic heterocycles. The van der Waals surface area contributed by atoms with Crippen molar-refractivity contribution in [1.82, 2.24) is 0 Å². The molecule has 55 heavy (non-hydrogen) atoms. The minimum absolute atomic E-state index is 0.0445. The van der Waals surface area contributed by atoms with E-state index in [4.69, 9.17) is 24.3 Å². The maximum atomic E-state index is 12.6. The summed E-state index contributed by atoms with van der Waals surface area (Å²) in [5.74, 6) is -0.877. The fourth-order valence-electron chi connectivity index (χ4n) is 5.42. The molecule has 0 saturated heterocycles. The van der Waals surface area contributed by atoms with Gasteiger partial charge in [-0.25, -0.2) is 4.57 Å². The molecule has 316 valence electrons. The topological polar surface area (TPSA) is 134 Å². The van der Waals surface area contributed by atoms with E-state index in [1.165, 1.54) is 51.4 Å². The van der Waals surface area contributed by atoms with Crippen molar-refractivity contribution < 1.29 is 37.6 Å². The summed E-state index contributed by atoms with van der Waals surface area (Å²) in [4.78, 5) is 34.8. The molecule has 0 saturated carbocycles. The van der Waals surface area contributed by atoms with E-state index in [0.29, 0.717) is 12.8 Å². The van der Waals surface area contributed by atoms with Crippen LogP contribution < -0.4 is 5.73 Å². The molecule has 0 bridgehead atoms. The Morgan fingerprint density at radius 1 is 0.564 bits per heavy atom. The highest BCUT2D eigenvalue weighted by Crippen LogP contribution is 2.43. The number of nitrogens with two attached hydrogens (primary N) is 1. The Morgan fingerprint density at radius 2 is 1.00 bits per heavy atom. The monoisotopic (exact) mass is 792 g/mol. The van der Waals surface area contributed by atoms with Crippen molar-refractivity contribution in [3.05, 3.63) is 72.9 Å². The summed E-state index contributed by atoms with van der Waals surface area (Å²) in [6.07, 6.45) is 49.3. The van der Waals surface area contributed by atoms with Crippen molar-refractivity contribution >= 4 is 19.8 Å². The summed E-state index contributed by atoms with van der Waals surface area (Å²) >= 11 is 0. The summed E-state index contributed by atoms with van der Waals surface area (Å²) in [6, 6.07) is 0. The molecule has 3 N–H and O–H groups in total. The molecule has 0 spiro atoms. The molecule has 0 rings (SSSR count). The van der Waals surface area contributed by atoms with Crippen molar-refractivity contribution in [2.24, 2.45) is 5.73 Å². The molecule has 0 aromatic carbocycles. The second-order valence-corrected chi connectivity index (χ2v) is 15.3. The van der Waals surface area contributed by atoms with Crippen molar-refractivity contribution in [2.75, 3.05) is 26.4 Å². The van der Waals surface area contributed by atoms with Gasteiger partial charge in [-0.15, -0.1) is 0 Å². The third kappa shape index (κ3) is 40.9. The van der Waals surface area contributed by atoms with Gasteiger partial charge in [0.2, 0.25) is 0 Å². The van der Waals surface area contributed by atoms with Crippen molar-refractivity contribution in [2.45, 2.75) is 174 Å². The number of carbonyl (C=O) groups is 2. The highest BCUT2D eigenvalue weighted by molar-refractivity contribution is 7.47. The largest absolute Gasteiger partial charge is 0.472 e. The predicted octanol–water partition coefficient (Wildman–Crippen LogP) is 12.3. The van der Waals surface area contributed by atoms with Crippen molar-refractivity contribution in [1.29, 1.82) is 0 Å². The summed E-state index contributed by atoms with van der Waals surface area (Å²) < 4.78 is 32.7. The lowest BCUT2D eigenvalue weighted by Crippen LogP contribution is -2.29. The lowest BCUT2D eigenvalue weighted by atomic mass is 10.1. The summed E-state index contributed by atoms with van der Waals surface area (Å²) in [5.41, 5.74) is 5.34. The molecule has 0 heterocycles. The van der Waals surface area contributed by atoms with Crippen LogP contribution in [0.25, 0.3) is 0 Å². The third-order valence-electron chi connectivity index (χ3n) is 8.58. The number of rotatable bonds is 39. The Labute approximate surface area is 335 Å². The quantitative estimate of drug-likeness (QED) is 0.0270. The third-order valence-corrected chi connectivity index (χ3v) is 9.56. The van der Waals surface area contributed by atoms with Gasteiger partial charge in [0.25, 0.3) is 0 Å². The van der Waals surface area contributed by atoms with Gasteiger partial charge in [0.1, 0.15) is 6.61 Å². The molecule has 2 atom stereocenters. The molecule has 10 heteroatoms. The first-order valence-electron chi connectivity index (χ1n) is 21.4. The van der Waals surface area contributed by atoms with Crippen LogP contribution in [0.3, 0.4) is 0 Å². The zero-order valence-corrected chi connectivity index (χ0v) is 35.5. The van der Waals surface area contributed by atoms with Gasteiger partial charge in [0.15, 0.2) is 6.10 Å². The van der Waals surface area contributed by atoms with Gasteiger partial charge < -0.3 is 20.1 Å². The standard InChI is InChI=1S/C45H78NO8P/c1-3-5-7-9-11-13-15-17-19-20-21-22-24-25-27-29-31-33-35-37-44(47)51-41-43(42-53-55(49,50)52-40-39-46)54-45(48)38-36-34-32-30-28-26-23-18-16-14-12-10-8-6-4-2/h5,7,11,13-14,16-17,19,21-22,25,27,43H,3-4,6,8-10,12,15,18,20,23-24,26,28-42,46H2,1-2H3,(H,49,50). The number of phosphoric acid groups is 1. The minimum atomic E-state index is -4.39. The van der Waals surface area contributed by atoms with Gasteiger partial charge in [-0.2, -0.15) is 0 Å². The fourth-order valence-corrected chi connectivity index (χ4v) is 6.18. The molecular weight excluding hydrogens is 713 g/mol. The van der Waals surface area contributed by atoms with Crippen LogP contribution in [0.15, 0.2) is 72.9 Å². The molecule has 0 amide bonds. The van der Waals surface area contributed by atoms with E-state index in [2.05, 4.69) is 86.8 Å². The number of hydrogen-bond donors (Lipinski definition) is 2. The van der Waals surface area contributed by atoms with Gasteiger partial charge >= 0.3 is 19.8 Å². The van der Waals surface area contributed by atoms with Crippen LogP contribution >= 0.6 is 7.82 Å². The smallest absolute Gasteiger partial charge is 0.462 e. The molecule has 2 unspecified atom stereocenters. The average molecular weight is 792 g/mol. The van der Waals surface area contributed by atoms with Crippen molar-refractivity contribution in [3.63, 3.8) is 0 Å². The minimum Gasteiger partial charge on any atom is -0.462 e. The van der Waals surface area contributed by atoms with Crippen LogP contribution in [0.4, 0.5) is 0 Å². The van der Waals surface area contributed by atoms with Crippen molar-refractivity contribution in [3.8, 4) is 0 Å². The molecule has 9 nitrogen and oxygen atoms in total. The second-order valence-electron chi connectivity index (χ2n) is 13.8. The molecule has 0 aliphatic carbocycles. The molecule has 0 fully saturated rings. The SMILES string of the molecule is CCC=CCC=CCC=CCC=CCC=CCCCCCC(=O)OCC(COP(=O)(O)OCCN)OC(=O)CCCCCCCCCC=CCCCCCC. The Bertz CT molecular complexity index is 1130. The molecule has 0 aromatic heterocycles. The lowest BCUT2D eigenvalue weighted by molar-refractivity contribution is -0.161. The van der Waals surface area contributed by atoms with Crippen LogP contribution in [0.5, 0.6) is 0 Å². The first-order chi connectivity index (χ1) is 26.8. The van der Waals surface area contributed by atoms with E-state index >= 15 is 0 Å². The summed E-state index contributed by atoms with van der Waals surface area (Å²) in [6.45, 7) is 3.55. The van der Waals surface area contributed by atoms with Crippen LogP contribution in [-0.2, 0) is 32.7 Å². The van der Waals surface area contributed by atoms with Gasteiger partial charge in [0.05, 0.1) is 13.2 Å². The average Bonchev–Trinajstić information content (AvgIpc) is 3.17. The Balaban J connectivity index is 4.24. The zero-order chi connectivity index (χ0) is 40.3. The number of carbonyl (C=O) groups excluding carboxylic acids is 2. The number of unbranched alkanes of at least 4 members (excludes halogenated alkanes) is 14. The highest BCUT2D eigenvalue weighted by atomic mass is 31.2. The van der Waals surface area contributed by atoms with Crippen LogP contribution in [0, 0.1) is 0 Å².